The Morgan fingerprint density at radius 1 is 1.27 bits per heavy atom. The van der Waals surface area contributed by atoms with Gasteiger partial charge in [0, 0.05) is 18.6 Å². The predicted octanol–water partition coefficient (Wildman–Crippen LogP) is 3.78. The van der Waals surface area contributed by atoms with E-state index in [0.29, 0.717) is 16.4 Å². The molecule has 1 heterocycles. The highest BCUT2D eigenvalue weighted by atomic mass is 35.5. The minimum absolute atomic E-state index is 0.197. The van der Waals surface area contributed by atoms with Crippen LogP contribution in [0.3, 0.4) is 0 Å². The van der Waals surface area contributed by atoms with E-state index in [4.69, 9.17) is 23.2 Å². The smallest absolute Gasteiger partial charge is 0.292 e. The van der Waals surface area contributed by atoms with E-state index in [0.717, 1.165) is 18.9 Å². The Morgan fingerprint density at radius 3 is 2.59 bits per heavy atom. The van der Waals surface area contributed by atoms with Crippen molar-refractivity contribution in [2.45, 2.75) is 19.3 Å². The molecule has 3 rings (SSSR count). The molecule has 0 bridgehead atoms. The number of nitrogens with zero attached hydrogens (tertiary/aromatic N) is 3. The number of rotatable bonds is 5. The first-order chi connectivity index (χ1) is 10.6. The number of anilines is 1. The SMILES string of the molecule is CN(CCC1CC1)c1cnn(-c2ccc(Cl)cc2)c(=O)c1Cl. The zero-order chi connectivity index (χ0) is 15.7. The molecule has 2 aromatic rings. The summed E-state index contributed by atoms with van der Waals surface area (Å²) in [6.07, 6.45) is 5.41. The maximum atomic E-state index is 12.4. The summed E-state index contributed by atoms with van der Waals surface area (Å²) >= 11 is 12.1. The molecule has 0 spiro atoms. The molecule has 0 N–H and O–H groups in total. The maximum Gasteiger partial charge on any atom is 0.292 e. The van der Waals surface area contributed by atoms with Crippen molar-refractivity contribution in [3.63, 3.8) is 0 Å². The first-order valence-electron chi connectivity index (χ1n) is 7.31. The van der Waals surface area contributed by atoms with E-state index in [1.54, 1.807) is 30.5 Å². The van der Waals surface area contributed by atoms with Crippen LogP contribution in [0, 0.1) is 5.92 Å². The molecule has 0 saturated heterocycles. The van der Waals surface area contributed by atoms with E-state index in [-0.39, 0.29) is 10.6 Å². The van der Waals surface area contributed by atoms with Crippen LogP contribution in [0.25, 0.3) is 5.69 Å². The first kappa shape index (κ1) is 15.4. The average molecular weight is 338 g/mol. The Morgan fingerprint density at radius 2 is 1.95 bits per heavy atom. The van der Waals surface area contributed by atoms with Crippen molar-refractivity contribution >= 4 is 28.9 Å². The summed E-state index contributed by atoms with van der Waals surface area (Å²) in [6, 6.07) is 6.91. The molecule has 6 heteroatoms. The number of hydrogen-bond donors (Lipinski definition) is 0. The molecule has 116 valence electrons. The van der Waals surface area contributed by atoms with Crippen LogP contribution in [0.1, 0.15) is 19.3 Å². The van der Waals surface area contributed by atoms with Crippen molar-refractivity contribution in [1.29, 1.82) is 0 Å². The van der Waals surface area contributed by atoms with Crippen LogP contribution in [0.2, 0.25) is 10.0 Å². The van der Waals surface area contributed by atoms with Crippen LogP contribution in [-0.2, 0) is 0 Å². The van der Waals surface area contributed by atoms with Crippen molar-refractivity contribution in [3.05, 3.63) is 50.9 Å². The lowest BCUT2D eigenvalue weighted by molar-refractivity contribution is 0.705. The summed E-state index contributed by atoms with van der Waals surface area (Å²) in [6.45, 7) is 0.885. The molecule has 1 fully saturated rings. The quantitative estimate of drug-likeness (QED) is 0.833. The van der Waals surface area contributed by atoms with Crippen molar-refractivity contribution in [2.75, 3.05) is 18.5 Å². The fourth-order valence-electron chi connectivity index (χ4n) is 2.36. The fraction of sp³-hybridized carbons (Fsp3) is 0.375. The van der Waals surface area contributed by atoms with Gasteiger partial charge >= 0.3 is 0 Å². The molecule has 0 aliphatic heterocycles. The van der Waals surface area contributed by atoms with Gasteiger partial charge in [-0.1, -0.05) is 36.0 Å². The van der Waals surface area contributed by atoms with E-state index in [9.17, 15) is 4.79 Å². The van der Waals surface area contributed by atoms with E-state index in [1.165, 1.54) is 17.5 Å². The molecule has 1 saturated carbocycles. The van der Waals surface area contributed by atoms with Crippen LogP contribution in [0.5, 0.6) is 0 Å². The highest BCUT2D eigenvalue weighted by molar-refractivity contribution is 6.33. The van der Waals surface area contributed by atoms with Crippen molar-refractivity contribution in [1.82, 2.24) is 9.78 Å². The van der Waals surface area contributed by atoms with Gasteiger partial charge in [-0.05, 0) is 36.6 Å². The van der Waals surface area contributed by atoms with Crippen molar-refractivity contribution < 1.29 is 0 Å². The minimum Gasteiger partial charge on any atom is -0.372 e. The predicted molar refractivity (Wildman–Crippen MR) is 90.5 cm³/mol. The Balaban J connectivity index is 1.87. The second kappa shape index (κ2) is 6.31. The maximum absolute atomic E-state index is 12.4. The normalized spacial score (nSPS) is 14.1. The zero-order valence-corrected chi connectivity index (χ0v) is 13.8. The third-order valence-electron chi connectivity index (χ3n) is 3.95. The van der Waals surface area contributed by atoms with Gasteiger partial charge in [-0.3, -0.25) is 4.79 Å². The van der Waals surface area contributed by atoms with Gasteiger partial charge in [0.25, 0.3) is 5.56 Å². The van der Waals surface area contributed by atoms with Crippen LogP contribution in [0.15, 0.2) is 35.3 Å². The van der Waals surface area contributed by atoms with Crippen molar-refractivity contribution in [2.24, 2.45) is 5.92 Å². The van der Waals surface area contributed by atoms with Gasteiger partial charge in [-0.2, -0.15) is 9.78 Å². The highest BCUT2D eigenvalue weighted by Gasteiger charge is 2.22. The topological polar surface area (TPSA) is 38.1 Å². The molecule has 0 atom stereocenters. The molecule has 22 heavy (non-hydrogen) atoms. The largest absolute Gasteiger partial charge is 0.372 e. The molecule has 0 radical (unpaired) electrons. The van der Waals surface area contributed by atoms with Crippen molar-refractivity contribution in [3.8, 4) is 5.69 Å². The summed E-state index contributed by atoms with van der Waals surface area (Å²) < 4.78 is 1.29. The molecule has 1 aromatic carbocycles. The number of aromatic nitrogens is 2. The Kier molecular flexibility index (Phi) is 4.41. The second-order valence-corrected chi connectivity index (χ2v) is 6.51. The van der Waals surface area contributed by atoms with E-state index in [1.807, 2.05) is 11.9 Å². The van der Waals surface area contributed by atoms with Crippen LogP contribution < -0.4 is 10.5 Å². The molecule has 1 aliphatic rings. The van der Waals surface area contributed by atoms with Gasteiger partial charge < -0.3 is 4.90 Å². The van der Waals surface area contributed by atoms with Crippen LogP contribution in [-0.4, -0.2) is 23.4 Å². The fourth-order valence-corrected chi connectivity index (χ4v) is 2.76. The molecule has 1 aliphatic carbocycles. The summed E-state index contributed by atoms with van der Waals surface area (Å²) in [5, 5.41) is 5.05. The van der Waals surface area contributed by atoms with Gasteiger partial charge in [-0.15, -0.1) is 0 Å². The van der Waals surface area contributed by atoms with E-state index >= 15 is 0 Å². The average Bonchev–Trinajstić information content (AvgIpc) is 3.33. The van der Waals surface area contributed by atoms with Gasteiger partial charge in [0.15, 0.2) is 0 Å². The Hall–Kier alpha value is -1.52. The van der Waals surface area contributed by atoms with E-state index in [2.05, 4.69) is 5.10 Å². The molecule has 1 aromatic heterocycles. The second-order valence-electron chi connectivity index (χ2n) is 5.69. The van der Waals surface area contributed by atoms with E-state index < -0.39 is 0 Å². The third-order valence-corrected chi connectivity index (χ3v) is 4.56. The molecule has 4 nitrogen and oxygen atoms in total. The van der Waals surface area contributed by atoms with Gasteiger partial charge in [0.2, 0.25) is 0 Å². The highest BCUT2D eigenvalue weighted by Crippen LogP contribution is 2.33. The lowest BCUT2D eigenvalue weighted by Gasteiger charge is -2.20. The molecular weight excluding hydrogens is 321 g/mol. The number of benzene rings is 1. The number of hydrogen-bond acceptors (Lipinski definition) is 3. The van der Waals surface area contributed by atoms with Gasteiger partial charge in [-0.25, -0.2) is 0 Å². The lowest BCUT2D eigenvalue weighted by atomic mass is 10.2. The third kappa shape index (κ3) is 3.28. The lowest BCUT2D eigenvalue weighted by Crippen LogP contribution is -2.27. The Bertz CT molecular complexity index is 723. The summed E-state index contributed by atoms with van der Waals surface area (Å²) in [5.41, 5.74) is 1.00. The monoisotopic (exact) mass is 337 g/mol. The summed E-state index contributed by atoms with van der Waals surface area (Å²) in [5.74, 6) is 0.837. The zero-order valence-electron chi connectivity index (χ0n) is 12.3. The molecule has 0 amide bonds. The van der Waals surface area contributed by atoms with Crippen LogP contribution >= 0.6 is 23.2 Å². The number of halogens is 2. The molecular formula is C16H17Cl2N3O. The minimum atomic E-state index is -0.320. The Labute approximate surface area is 139 Å². The van der Waals surface area contributed by atoms with Gasteiger partial charge in [0.1, 0.15) is 5.02 Å². The molecule has 0 unspecified atom stereocenters. The summed E-state index contributed by atoms with van der Waals surface area (Å²) in [7, 11) is 1.94. The standard InChI is InChI=1S/C16H17Cl2N3O/c1-20(9-8-11-2-3-11)14-10-19-21(16(22)15(14)18)13-6-4-12(17)5-7-13/h4-7,10-11H,2-3,8-9H2,1H3. The van der Waals surface area contributed by atoms with Gasteiger partial charge in [0.05, 0.1) is 17.6 Å². The summed E-state index contributed by atoms with van der Waals surface area (Å²) in [4.78, 5) is 14.4. The van der Waals surface area contributed by atoms with Crippen LogP contribution in [0.4, 0.5) is 5.69 Å². The first-order valence-corrected chi connectivity index (χ1v) is 8.07.